The molecule has 0 unspecified atom stereocenters. The molecule has 0 aliphatic carbocycles. The summed E-state index contributed by atoms with van der Waals surface area (Å²) in [6.45, 7) is 2.96. The fourth-order valence-corrected chi connectivity index (χ4v) is 1.41. The predicted molar refractivity (Wildman–Crippen MR) is 69.1 cm³/mol. The highest BCUT2D eigenvalue weighted by molar-refractivity contribution is 6.19. The number of benzene rings is 1. The van der Waals surface area contributed by atoms with Gasteiger partial charge >= 0.3 is 0 Å². The van der Waals surface area contributed by atoms with E-state index < -0.39 is 0 Å². The third-order valence-corrected chi connectivity index (χ3v) is 2.28. The average molecular weight is 237 g/mol. The van der Waals surface area contributed by atoms with Gasteiger partial charge in [-0.3, -0.25) is 0 Å². The van der Waals surface area contributed by atoms with Gasteiger partial charge in [0.15, 0.2) is 0 Å². The molecule has 0 aromatic heterocycles. The van der Waals surface area contributed by atoms with Crippen LogP contribution in [0.4, 0.5) is 0 Å². The molecule has 0 aliphatic rings. The lowest BCUT2D eigenvalue weighted by Gasteiger charge is -2.05. The quantitative estimate of drug-likeness (QED) is 0.429. The van der Waals surface area contributed by atoms with Crippen LogP contribution in [0.25, 0.3) is 0 Å². The van der Waals surface area contributed by atoms with Crippen LogP contribution >= 0.6 is 11.6 Å². The highest BCUT2D eigenvalue weighted by atomic mass is 35.5. The number of halogens is 1. The molecule has 16 heavy (non-hydrogen) atoms. The van der Waals surface area contributed by atoms with Crippen LogP contribution in [0.3, 0.4) is 0 Å². The second-order valence-corrected chi connectivity index (χ2v) is 3.79. The summed E-state index contributed by atoms with van der Waals surface area (Å²) in [6, 6.07) is 7.81. The first-order chi connectivity index (χ1) is 7.86. The van der Waals surface area contributed by atoms with Gasteiger partial charge in [-0.15, -0.1) is 11.6 Å². The first-order valence-corrected chi connectivity index (χ1v) is 6.18. The van der Waals surface area contributed by atoms with Crippen LogP contribution in [0.2, 0.25) is 0 Å². The summed E-state index contributed by atoms with van der Waals surface area (Å²) in [7, 11) is 0. The van der Waals surface area contributed by atoms with E-state index >= 15 is 0 Å². The van der Waals surface area contributed by atoms with Crippen molar-refractivity contribution in [1.82, 2.24) is 0 Å². The molecule has 0 spiro atoms. The van der Waals surface area contributed by atoms with Gasteiger partial charge in [-0.1, -0.05) is 37.7 Å². The predicted octanol–water partition coefficient (Wildman–Crippen LogP) is 3.85. The smallest absolute Gasteiger partial charge is 0.120 e. The summed E-state index contributed by atoms with van der Waals surface area (Å²) in [5, 5.41) is 0. The summed E-state index contributed by atoms with van der Waals surface area (Å²) in [5.74, 6) is 7.05. The van der Waals surface area contributed by atoms with E-state index in [2.05, 4.69) is 18.8 Å². The van der Waals surface area contributed by atoms with Crippen LogP contribution in [-0.4, -0.2) is 12.5 Å². The molecule has 0 aliphatic heterocycles. The van der Waals surface area contributed by atoms with Gasteiger partial charge in [0.2, 0.25) is 0 Å². The van der Waals surface area contributed by atoms with Crippen LogP contribution in [0, 0.1) is 11.8 Å². The Morgan fingerprint density at radius 1 is 1.31 bits per heavy atom. The molecule has 0 fully saturated rings. The van der Waals surface area contributed by atoms with Gasteiger partial charge in [-0.25, -0.2) is 0 Å². The molecule has 0 amide bonds. The Balaban J connectivity index is 2.47. The lowest BCUT2D eigenvalue weighted by Crippen LogP contribution is -1.96. The molecule has 1 rings (SSSR count). The number of hydrogen-bond acceptors (Lipinski definition) is 1. The maximum Gasteiger partial charge on any atom is 0.120 e. The minimum absolute atomic E-state index is 0.363. The highest BCUT2D eigenvalue weighted by Crippen LogP contribution is 2.13. The zero-order valence-electron chi connectivity index (χ0n) is 9.63. The molecule has 0 saturated heterocycles. The Morgan fingerprint density at radius 2 is 2.19 bits per heavy atom. The molecule has 0 radical (unpaired) electrons. The van der Waals surface area contributed by atoms with Crippen LogP contribution in [0.1, 0.15) is 31.7 Å². The summed E-state index contributed by atoms with van der Waals surface area (Å²) in [4.78, 5) is 0. The van der Waals surface area contributed by atoms with Crippen molar-refractivity contribution < 1.29 is 4.74 Å². The molecule has 1 aromatic carbocycles. The Kier molecular flexibility index (Phi) is 6.53. The first-order valence-electron chi connectivity index (χ1n) is 5.64. The minimum Gasteiger partial charge on any atom is -0.494 e. The van der Waals surface area contributed by atoms with Crippen molar-refractivity contribution in [3.8, 4) is 17.6 Å². The minimum atomic E-state index is 0.363. The molecule has 1 nitrogen and oxygen atoms in total. The SMILES string of the molecule is CCCCCOc1cccc(C#CCCl)c1. The van der Waals surface area contributed by atoms with E-state index in [4.69, 9.17) is 16.3 Å². The van der Waals surface area contributed by atoms with Crippen molar-refractivity contribution in [2.45, 2.75) is 26.2 Å². The van der Waals surface area contributed by atoms with E-state index in [1.807, 2.05) is 24.3 Å². The van der Waals surface area contributed by atoms with Gasteiger partial charge in [0.05, 0.1) is 12.5 Å². The number of unbranched alkanes of at least 4 members (excludes halogenated alkanes) is 2. The molecule has 0 heterocycles. The molecule has 0 N–H and O–H groups in total. The zero-order valence-corrected chi connectivity index (χ0v) is 10.4. The lowest BCUT2D eigenvalue weighted by molar-refractivity contribution is 0.306. The van der Waals surface area contributed by atoms with Crippen molar-refractivity contribution >= 4 is 11.6 Å². The van der Waals surface area contributed by atoms with E-state index in [1.165, 1.54) is 12.8 Å². The molecular formula is C14H17ClO. The van der Waals surface area contributed by atoms with Crippen molar-refractivity contribution in [3.05, 3.63) is 29.8 Å². The topological polar surface area (TPSA) is 9.23 Å². The van der Waals surface area contributed by atoms with Crippen molar-refractivity contribution in [1.29, 1.82) is 0 Å². The second kappa shape index (κ2) is 8.07. The largest absolute Gasteiger partial charge is 0.494 e. The van der Waals surface area contributed by atoms with Gasteiger partial charge in [0, 0.05) is 5.56 Å². The van der Waals surface area contributed by atoms with Crippen molar-refractivity contribution in [3.63, 3.8) is 0 Å². The highest BCUT2D eigenvalue weighted by Gasteiger charge is 1.94. The Bertz CT molecular complexity index is 362. The Morgan fingerprint density at radius 3 is 2.94 bits per heavy atom. The summed E-state index contributed by atoms with van der Waals surface area (Å²) in [5.41, 5.74) is 0.952. The van der Waals surface area contributed by atoms with Crippen LogP contribution < -0.4 is 4.74 Å². The third kappa shape index (κ3) is 5.09. The van der Waals surface area contributed by atoms with E-state index in [-0.39, 0.29) is 0 Å². The second-order valence-electron chi connectivity index (χ2n) is 3.52. The number of ether oxygens (including phenoxy) is 1. The van der Waals surface area contributed by atoms with E-state index in [1.54, 1.807) is 0 Å². The monoisotopic (exact) mass is 236 g/mol. The fourth-order valence-electron chi connectivity index (χ4n) is 1.34. The average Bonchev–Trinajstić information content (AvgIpc) is 2.33. The van der Waals surface area contributed by atoms with E-state index in [0.29, 0.717) is 5.88 Å². The van der Waals surface area contributed by atoms with E-state index in [0.717, 1.165) is 24.3 Å². The van der Waals surface area contributed by atoms with Crippen LogP contribution in [0.15, 0.2) is 24.3 Å². The fraction of sp³-hybridized carbons (Fsp3) is 0.429. The lowest BCUT2D eigenvalue weighted by atomic mass is 10.2. The summed E-state index contributed by atoms with van der Waals surface area (Å²) >= 11 is 5.50. The maximum atomic E-state index is 5.63. The van der Waals surface area contributed by atoms with Gasteiger partial charge in [-0.05, 0) is 24.6 Å². The zero-order chi connectivity index (χ0) is 11.6. The molecule has 0 atom stereocenters. The summed E-state index contributed by atoms with van der Waals surface area (Å²) in [6.07, 6.45) is 3.53. The molecule has 0 bridgehead atoms. The molecule has 0 saturated carbocycles. The van der Waals surface area contributed by atoms with Crippen LogP contribution in [0.5, 0.6) is 5.75 Å². The molecule has 86 valence electrons. The Hall–Kier alpha value is -1.13. The number of hydrogen-bond donors (Lipinski definition) is 0. The molecule has 1 aromatic rings. The summed E-state index contributed by atoms with van der Waals surface area (Å²) < 4.78 is 5.63. The number of rotatable bonds is 5. The Labute approximate surface area is 103 Å². The van der Waals surface area contributed by atoms with Gasteiger partial charge in [-0.2, -0.15) is 0 Å². The van der Waals surface area contributed by atoms with Gasteiger partial charge in [0.1, 0.15) is 5.75 Å². The number of alkyl halides is 1. The molecule has 2 heteroatoms. The van der Waals surface area contributed by atoms with Crippen molar-refractivity contribution in [2.75, 3.05) is 12.5 Å². The van der Waals surface area contributed by atoms with Crippen LogP contribution in [-0.2, 0) is 0 Å². The molecular weight excluding hydrogens is 220 g/mol. The maximum absolute atomic E-state index is 5.63. The first kappa shape index (κ1) is 12.9. The van der Waals surface area contributed by atoms with E-state index in [9.17, 15) is 0 Å². The third-order valence-electron chi connectivity index (χ3n) is 2.15. The normalized spacial score (nSPS) is 9.38. The van der Waals surface area contributed by atoms with Gasteiger partial charge < -0.3 is 4.74 Å². The van der Waals surface area contributed by atoms with Crippen molar-refractivity contribution in [2.24, 2.45) is 0 Å². The van der Waals surface area contributed by atoms with Gasteiger partial charge in [0.25, 0.3) is 0 Å². The standard InChI is InChI=1S/C14H17ClO/c1-2-3-4-11-16-14-9-5-7-13(12-14)8-6-10-15/h5,7,9,12H,2-4,10-11H2,1H3.